The molecule has 2 rings (SSSR count). The summed E-state index contributed by atoms with van der Waals surface area (Å²) >= 11 is 0. The number of hydrogen-bond acceptors (Lipinski definition) is 5. The van der Waals surface area contributed by atoms with E-state index in [1.165, 1.54) is 6.92 Å². The van der Waals surface area contributed by atoms with Gasteiger partial charge >= 0.3 is 5.97 Å². The lowest BCUT2D eigenvalue weighted by atomic mass is 10.3. The maximum Gasteiger partial charge on any atom is 0.303 e. The lowest BCUT2D eigenvalue weighted by molar-refractivity contribution is -0.142. The zero-order chi connectivity index (χ0) is 9.97. The van der Waals surface area contributed by atoms with Crippen LogP contribution in [0.1, 0.15) is 12.6 Å². The van der Waals surface area contributed by atoms with Gasteiger partial charge in [0, 0.05) is 13.0 Å². The molecule has 1 aliphatic heterocycles. The summed E-state index contributed by atoms with van der Waals surface area (Å²) in [4.78, 5) is 14.6. The Balaban J connectivity index is 2.09. The van der Waals surface area contributed by atoms with Gasteiger partial charge in [0.2, 0.25) is 6.79 Å². The second kappa shape index (κ2) is 3.53. The molecule has 5 heteroatoms. The molecular weight excluding hydrogens is 186 g/mol. The van der Waals surface area contributed by atoms with Gasteiger partial charge in [0.25, 0.3) is 0 Å². The van der Waals surface area contributed by atoms with Crippen molar-refractivity contribution in [1.82, 2.24) is 4.98 Å². The molecule has 0 amide bonds. The number of hydrogen-bond donors (Lipinski definition) is 0. The maximum atomic E-state index is 10.5. The monoisotopic (exact) mass is 195 g/mol. The number of aromatic nitrogens is 1. The molecule has 0 unspecified atom stereocenters. The van der Waals surface area contributed by atoms with E-state index in [2.05, 4.69) is 4.98 Å². The highest BCUT2D eigenvalue weighted by Crippen LogP contribution is 2.31. The number of nitrogens with zero attached hydrogens (tertiary/aromatic N) is 1. The standard InChI is InChI=1S/C9H9NO4/c1-6(11)12-4-7-2-8-9(3-10-7)14-5-13-8/h2-3H,4-5H2,1H3. The first-order valence-corrected chi connectivity index (χ1v) is 4.13. The van der Waals surface area contributed by atoms with Gasteiger partial charge in [-0.05, 0) is 0 Å². The van der Waals surface area contributed by atoms with Gasteiger partial charge in [0.15, 0.2) is 11.5 Å². The Kier molecular flexibility index (Phi) is 2.22. The van der Waals surface area contributed by atoms with E-state index >= 15 is 0 Å². The number of fused-ring (bicyclic) bond motifs is 1. The van der Waals surface area contributed by atoms with E-state index in [-0.39, 0.29) is 19.4 Å². The van der Waals surface area contributed by atoms with Gasteiger partial charge < -0.3 is 14.2 Å². The molecule has 74 valence electrons. The summed E-state index contributed by atoms with van der Waals surface area (Å²) in [6.45, 7) is 1.73. The van der Waals surface area contributed by atoms with E-state index < -0.39 is 0 Å². The molecule has 0 atom stereocenters. The van der Waals surface area contributed by atoms with Crippen LogP contribution in [0.5, 0.6) is 11.5 Å². The molecule has 0 spiro atoms. The number of carbonyl (C=O) groups excluding carboxylic acids is 1. The minimum atomic E-state index is -0.329. The number of ether oxygens (including phenoxy) is 3. The van der Waals surface area contributed by atoms with Gasteiger partial charge in [-0.25, -0.2) is 0 Å². The van der Waals surface area contributed by atoms with Crippen molar-refractivity contribution in [2.45, 2.75) is 13.5 Å². The summed E-state index contributed by atoms with van der Waals surface area (Å²) in [5.41, 5.74) is 0.643. The van der Waals surface area contributed by atoms with Crippen molar-refractivity contribution in [1.29, 1.82) is 0 Å². The number of rotatable bonds is 2. The zero-order valence-electron chi connectivity index (χ0n) is 7.65. The third-order valence-corrected chi connectivity index (χ3v) is 1.74. The van der Waals surface area contributed by atoms with Crippen molar-refractivity contribution in [2.75, 3.05) is 6.79 Å². The number of pyridine rings is 1. The van der Waals surface area contributed by atoms with E-state index in [9.17, 15) is 4.79 Å². The van der Waals surface area contributed by atoms with E-state index in [0.29, 0.717) is 17.2 Å². The summed E-state index contributed by atoms with van der Waals surface area (Å²) in [5.74, 6) is 0.934. The maximum absolute atomic E-state index is 10.5. The molecule has 0 saturated heterocycles. The van der Waals surface area contributed by atoms with Crippen LogP contribution < -0.4 is 9.47 Å². The quantitative estimate of drug-likeness (QED) is 0.655. The van der Waals surface area contributed by atoms with Crippen molar-refractivity contribution < 1.29 is 19.0 Å². The summed E-state index contributed by atoms with van der Waals surface area (Å²) in [7, 11) is 0. The van der Waals surface area contributed by atoms with Gasteiger partial charge in [-0.2, -0.15) is 0 Å². The lowest BCUT2D eigenvalue weighted by Gasteiger charge is -2.01. The number of esters is 1. The normalized spacial score (nSPS) is 12.6. The largest absolute Gasteiger partial charge is 0.459 e. The van der Waals surface area contributed by atoms with Crippen molar-refractivity contribution in [3.05, 3.63) is 18.0 Å². The first kappa shape index (κ1) is 8.80. The zero-order valence-corrected chi connectivity index (χ0v) is 7.65. The highest BCUT2D eigenvalue weighted by atomic mass is 16.7. The van der Waals surface area contributed by atoms with E-state index in [4.69, 9.17) is 14.2 Å². The van der Waals surface area contributed by atoms with Gasteiger partial charge in [-0.3, -0.25) is 9.78 Å². The van der Waals surface area contributed by atoms with Crippen molar-refractivity contribution in [3.8, 4) is 11.5 Å². The second-order valence-corrected chi connectivity index (χ2v) is 2.81. The molecule has 1 aromatic rings. The molecule has 0 saturated carbocycles. The predicted molar refractivity (Wildman–Crippen MR) is 45.8 cm³/mol. The van der Waals surface area contributed by atoms with Crippen molar-refractivity contribution >= 4 is 5.97 Å². The Labute approximate surface area is 80.6 Å². The van der Waals surface area contributed by atoms with Crippen LogP contribution in [0, 0.1) is 0 Å². The minimum absolute atomic E-state index is 0.159. The Morgan fingerprint density at radius 2 is 2.36 bits per heavy atom. The predicted octanol–water partition coefficient (Wildman–Crippen LogP) is 0.873. The number of carbonyl (C=O) groups is 1. The summed E-state index contributed by atoms with van der Waals surface area (Å²) in [6.07, 6.45) is 1.56. The van der Waals surface area contributed by atoms with Crippen molar-refractivity contribution in [3.63, 3.8) is 0 Å². The van der Waals surface area contributed by atoms with Crippen molar-refractivity contribution in [2.24, 2.45) is 0 Å². The van der Waals surface area contributed by atoms with Gasteiger partial charge in [-0.1, -0.05) is 0 Å². The second-order valence-electron chi connectivity index (χ2n) is 2.81. The SMILES string of the molecule is CC(=O)OCc1cc2c(cn1)OCO2. The molecule has 2 heterocycles. The molecule has 0 aliphatic carbocycles. The smallest absolute Gasteiger partial charge is 0.303 e. The summed E-state index contributed by atoms with van der Waals surface area (Å²) in [5, 5.41) is 0. The van der Waals surface area contributed by atoms with E-state index in [1.807, 2.05) is 0 Å². The molecule has 5 nitrogen and oxygen atoms in total. The topological polar surface area (TPSA) is 57.7 Å². The average molecular weight is 195 g/mol. The lowest BCUT2D eigenvalue weighted by Crippen LogP contribution is -2.00. The molecule has 0 N–H and O–H groups in total. The van der Waals surface area contributed by atoms with Crippen LogP contribution in [0.2, 0.25) is 0 Å². The van der Waals surface area contributed by atoms with Gasteiger partial charge in [0.05, 0.1) is 11.9 Å². The Morgan fingerprint density at radius 3 is 3.14 bits per heavy atom. The summed E-state index contributed by atoms with van der Waals surface area (Å²) < 4.78 is 15.0. The van der Waals surface area contributed by atoms with Gasteiger partial charge in [0.1, 0.15) is 6.61 Å². The highest BCUT2D eigenvalue weighted by molar-refractivity contribution is 5.65. The third-order valence-electron chi connectivity index (χ3n) is 1.74. The molecule has 14 heavy (non-hydrogen) atoms. The molecule has 0 bridgehead atoms. The molecule has 0 fully saturated rings. The van der Waals surface area contributed by atoms with Crippen LogP contribution in [0.15, 0.2) is 12.3 Å². The molecule has 0 aromatic carbocycles. The Hall–Kier alpha value is -1.78. The van der Waals surface area contributed by atoms with Crippen LogP contribution in [0.4, 0.5) is 0 Å². The molecular formula is C9H9NO4. The van der Waals surface area contributed by atoms with Crippen LogP contribution in [-0.4, -0.2) is 17.7 Å². The van der Waals surface area contributed by atoms with E-state index in [0.717, 1.165) is 0 Å². The van der Waals surface area contributed by atoms with Crippen LogP contribution in [0.25, 0.3) is 0 Å². The third kappa shape index (κ3) is 1.76. The Morgan fingerprint density at radius 1 is 1.57 bits per heavy atom. The summed E-state index contributed by atoms with van der Waals surface area (Å²) in [6, 6.07) is 1.70. The van der Waals surface area contributed by atoms with Crippen LogP contribution in [-0.2, 0) is 16.1 Å². The van der Waals surface area contributed by atoms with Crippen LogP contribution >= 0.6 is 0 Å². The fourth-order valence-corrected chi connectivity index (χ4v) is 1.10. The fraction of sp³-hybridized carbons (Fsp3) is 0.333. The average Bonchev–Trinajstić information content (AvgIpc) is 2.61. The van der Waals surface area contributed by atoms with E-state index in [1.54, 1.807) is 12.3 Å². The van der Waals surface area contributed by atoms with Crippen LogP contribution in [0.3, 0.4) is 0 Å². The molecule has 0 radical (unpaired) electrons. The van der Waals surface area contributed by atoms with Gasteiger partial charge in [-0.15, -0.1) is 0 Å². The first-order chi connectivity index (χ1) is 6.75. The highest BCUT2D eigenvalue weighted by Gasteiger charge is 2.14. The fourth-order valence-electron chi connectivity index (χ4n) is 1.10. The molecule has 1 aromatic heterocycles. The first-order valence-electron chi connectivity index (χ1n) is 4.13. The Bertz CT molecular complexity index is 364. The molecule has 1 aliphatic rings. The minimum Gasteiger partial charge on any atom is -0.459 e.